The summed E-state index contributed by atoms with van der Waals surface area (Å²) in [6.45, 7) is 10.7. The Bertz CT molecular complexity index is 368. The number of morpholine rings is 1. The molecule has 1 N–H and O–H groups in total. The third kappa shape index (κ3) is 4.26. The first kappa shape index (κ1) is 14.4. The summed E-state index contributed by atoms with van der Waals surface area (Å²) in [7, 11) is 0. The Morgan fingerprint density at radius 1 is 1.42 bits per heavy atom. The highest BCUT2D eigenvalue weighted by atomic mass is 16.5. The fourth-order valence-electron chi connectivity index (χ4n) is 2.37. The van der Waals surface area contributed by atoms with Crippen LogP contribution in [0.2, 0.25) is 0 Å². The summed E-state index contributed by atoms with van der Waals surface area (Å²) in [6.07, 6.45) is 3.17. The van der Waals surface area contributed by atoms with Crippen LogP contribution in [0.3, 0.4) is 0 Å². The molecule has 0 amide bonds. The molecule has 0 spiro atoms. The first-order valence-corrected chi connectivity index (χ1v) is 7.25. The van der Waals surface area contributed by atoms with Gasteiger partial charge in [-0.25, -0.2) is 0 Å². The van der Waals surface area contributed by atoms with Gasteiger partial charge < -0.3 is 10.1 Å². The highest BCUT2D eigenvalue weighted by Gasteiger charge is 2.20. The molecular weight excluding hydrogens is 242 g/mol. The zero-order valence-electron chi connectivity index (χ0n) is 12.0. The third-order valence-electron chi connectivity index (χ3n) is 3.58. The summed E-state index contributed by atoms with van der Waals surface area (Å²) in [6, 6.07) is 0.554. The van der Waals surface area contributed by atoms with E-state index >= 15 is 0 Å². The molecule has 1 unspecified atom stereocenters. The number of hydrogen-bond donors (Lipinski definition) is 1. The second kappa shape index (κ2) is 7.57. The summed E-state index contributed by atoms with van der Waals surface area (Å²) in [5.41, 5.74) is 1.01. The number of aromatic nitrogens is 3. The van der Waals surface area contributed by atoms with Crippen LogP contribution in [0, 0.1) is 0 Å². The van der Waals surface area contributed by atoms with Crippen molar-refractivity contribution in [1.82, 2.24) is 25.2 Å². The largest absolute Gasteiger partial charge is 0.378 e. The van der Waals surface area contributed by atoms with E-state index in [9.17, 15) is 0 Å². The van der Waals surface area contributed by atoms with Gasteiger partial charge in [0.05, 0.1) is 25.5 Å². The molecule has 19 heavy (non-hydrogen) atoms. The van der Waals surface area contributed by atoms with Gasteiger partial charge in [-0.05, 0) is 13.0 Å². The Balaban J connectivity index is 1.79. The van der Waals surface area contributed by atoms with Crippen molar-refractivity contribution in [2.24, 2.45) is 0 Å². The van der Waals surface area contributed by atoms with Crippen LogP contribution < -0.4 is 5.32 Å². The molecule has 1 aromatic heterocycles. The Kier molecular flexibility index (Phi) is 5.75. The van der Waals surface area contributed by atoms with Gasteiger partial charge >= 0.3 is 0 Å². The van der Waals surface area contributed by atoms with Gasteiger partial charge in [0, 0.05) is 31.9 Å². The Hall–Kier alpha value is -0.980. The summed E-state index contributed by atoms with van der Waals surface area (Å²) >= 11 is 0. The summed E-state index contributed by atoms with van der Waals surface area (Å²) < 4.78 is 7.46. The molecule has 108 valence electrons. The fourth-order valence-corrected chi connectivity index (χ4v) is 2.37. The molecular formula is C13H25N5O. The van der Waals surface area contributed by atoms with Crippen molar-refractivity contribution in [2.75, 3.05) is 32.8 Å². The van der Waals surface area contributed by atoms with Crippen LogP contribution in [-0.4, -0.2) is 58.8 Å². The molecule has 1 saturated heterocycles. The van der Waals surface area contributed by atoms with Crippen LogP contribution >= 0.6 is 0 Å². The summed E-state index contributed by atoms with van der Waals surface area (Å²) in [5.74, 6) is 0. The van der Waals surface area contributed by atoms with E-state index in [4.69, 9.17) is 4.74 Å². The fraction of sp³-hybridized carbons (Fsp3) is 0.846. The van der Waals surface area contributed by atoms with E-state index < -0.39 is 0 Å². The van der Waals surface area contributed by atoms with E-state index in [2.05, 4.69) is 34.4 Å². The number of nitrogens with one attached hydrogen (secondary N) is 1. The van der Waals surface area contributed by atoms with Crippen molar-refractivity contribution in [3.05, 3.63) is 11.9 Å². The van der Waals surface area contributed by atoms with Crippen molar-refractivity contribution in [2.45, 2.75) is 39.4 Å². The molecule has 1 aromatic rings. The Morgan fingerprint density at radius 2 is 2.32 bits per heavy atom. The van der Waals surface area contributed by atoms with Crippen molar-refractivity contribution in [3.8, 4) is 0 Å². The molecule has 0 radical (unpaired) electrons. The smallest absolute Gasteiger partial charge is 0.0964 e. The van der Waals surface area contributed by atoms with Crippen LogP contribution in [0.5, 0.6) is 0 Å². The average molecular weight is 267 g/mol. The number of rotatable bonds is 7. The van der Waals surface area contributed by atoms with Gasteiger partial charge in [0.25, 0.3) is 0 Å². The lowest BCUT2D eigenvalue weighted by Crippen LogP contribution is -2.46. The highest BCUT2D eigenvalue weighted by molar-refractivity contribution is 4.91. The van der Waals surface area contributed by atoms with Gasteiger partial charge in [0.15, 0.2) is 0 Å². The average Bonchev–Trinajstić information content (AvgIpc) is 2.91. The van der Waals surface area contributed by atoms with Gasteiger partial charge in [0.2, 0.25) is 0 Å². The van der Waals surface area contributed by atoms with Crippen LogP contribution in [0.4, 0.5) is 0 Å². The van der Waals surface area contributed by atoms with Crippen molar-refractivity contribution < 1.29 is 4.74 Å². The lowest BCUT2D eigenvalue weighted by molar-refractivity contribution is -0.0103. The monoisotopic (exact) mass is 267 g/mol. The van der Waals surface area contributed by atoms with Crippen molar-refractivity contribution in [3.63, 3.8) is 0 Å². The first-order chi connectivity index (χ1) is 9.33. The van der Waals surface area contributed by atoms with Crippen LogP contribution in [0.25, 0.3) is 0 Å². The highest BCUT2D eigenvalue weighted by Crippen LogP contribution is 2.09. The van der Waals surface area contributed by atoms with Crippen LogP contribution in [0.15, 0.2) is 6.20 Å². The SMILES string of the molecule is CCNCc1cn(CCN2CCOCC2CC)nn1. The van der Waals surface area contributed by atoms with Gasteiger partial charge in [0.1, 0.15) is 0 Å². The molecule has 0 aliphatic carbocycles. The summed E-state index contributed by atoms with van der Waals surface area (Å²) in [4.78, 5) is 2.50. The normalized spacial score (nSPS) is 20.8. The second-order valence-electron chi connectivity index (χ2n) is 4.93. The maximum atomic E-state index is 5.52. The van der Waals surface area contributed by atoms with E-state index in [1.807, 2.05) is 10.9 Å². The Morgan fingerprint density at radius 3 is 3.11 bits per heavy atom. The van der Waals surface area contributed by atoms with Crippen LogP contribution in [0.1, 0.15) is 26.0 Å². The molecule has 6 heteroatoms. The minimum absolute atomic E-state index is 0.554. The molecule has 1 fully saturated rings. The Labute approximate surface area is 115 Å². The molecule has 2 heterocycles. The minimum Gasteiger partial charge on any atom is -0.378 e. The molecule has 0 aromatic carbocycles. The third-order valence-corrected chi connectivity index (χ3v) is 3.58. The van der Waals surface area contributed by atoms with E-state index in [-0.39, 0.29) is 0 Å². The zero-order valence-corrected chi connectivity index (χ0v) is 12.0. The number of ether oxygens (including phenoxy) is 1. The summed E-state index contributed by atoms with van der Waals surface area (Å²) in [5, 5.41) is 11.6. The predicted octanol–water partition coefficient (Wildman–Crippen LogP) is 0.498. The zero-order chi connectivity index (χ0) is 13.5. The van der Waals surface area contributed by atoms with Gasteiger partial charge in [-0.15, -0.1) is 5.10 Å². The maximum absolute atomic E-state index is 5.52. The number of nitrogens with zero attached hydrogens (tertiary/aromatic N) is 4. The van der Waals surface area contributed by atoms with Crippen molar-refractivity contribution in [1.29, 1.82) is 0 Å². The minimum atomic E-state index is 0.554. The molecule has 6 nitrogen and oxygen atoms in total. The lowest BCUT2D eigenvalue weighted by Gasteiger charge is -2.34. The molecule has 0 saturated carbocycles. The topological polar surface area (TPSA) is 55.2 Å². The quantitative estimate of drug-likeness (QED) is 0.779. The molecule has 1 atom stereocenters. The first-order valence-electron chi connectivity index (χ1n) is 7.25. The molecule has 0 bridgehead atoms. The maximum Gasteiger partial charge on any atom is 0.0964 e. The molecule has 1 aliphatic heterocycles. The van der Waals surface area contributed by atoms with E-state index in [0.717, 1.165) is 58.1 Å². The van der Waals surface area contributed by atoms with Gasteiger partial charge in [-0.2, -0.15) is 0 Å². The predicted molar refractivity (Wildman–Crippen MR) is 73.9 cm³/mol. The second-order valence-corrected chi connectivity index (χ2v) is 4.93. The standard InChI is InChI=1S/C13H25N5O/c1-3-13-11-19-8-7-17(13)5-6-18-10-12(15-16-18)9-14-4-2/h10,13-14H,3-9,11H2,1-2H3. The van der Waals surface area contributed by atoms with E-state index in [1.54, 1.807) is 0 Å². The van der Waals surface area contributed by atoms with Crippen LogP contribution in [-0.2, 0) is 17.8 Å². The molecule has 2 rings (SSSR count). The van der Waals surface area contributed by atoms with E-state index in [1.165, 1.54) is 0 Å². The van der Waals surface area contributed by atoms with Gasteiger partial charge in [-0.3, -0.25) is 9.58 Å². The molecule has 1 aliphatic rings. The van der Waals surface area contributed by atoms with Crippen molar-refractivity contribution >= 4 is 0 Å². The number of hydrogen-bond acceptors (Lipinski definition) is 5. The van der Waals surface area contributed by atoms with E-state index in [0.29, 0.717) is 6.04 Å². The lowest BCUT2D eigenvalue weighted by atomic mass is 10.2. The van der Waals surface area contributed by atoms with Gasteiger partial charge in [-0.1, -0.05) is 19.1 Å².